The summed E-state index contributed by atoms with van der Waals surface area (Å²) in [6.07, 6.45) is 0.908. The van der Waals surface area contributed by atoms with Crippen molar-refractivity contribution in [1.29, 1.82) is 0 Å². The van der Waals surface area contributed by atoms with Gasteiger partial charge in [-0.2, -0.15) is 0 Å². The van der Waals surface area contributed by atoms with Crippen LogP contribution in [0.5, 0.6) is 17.2 Å². The fraction of sp³-hybridized carbons (Fsp3) is 0.409. The predicted octanol–water partition coefficient (Wildman–Crippen LogP) is 4.02. The van der Waals surface area contributed by atoms with Crippen LogP contribution in [0.3, 0.4) is 0 Å². The van der Waals surface area contributed by atoms with E-state index in [0.29, 0.717) is 13.2 Å². The van der Waals surface area contributed by atoms with Gasteiger partial charge in [-0.25, -0.2) is 4.99 Å². The molecule has 0 amide bonds. The lowest BCUT2D eigenvalue weighted by atomic mass is 10.1. The van der Waals surface area contributed by atoms with Crippen molar-refractivity contribution in [2.24, 2.45) is 4.99 Å². The Labute approximate surface area is 191 Å². The minimum atomic E-state index is 0. The van der Waals surface area contributed by atoms with Gasteiger partial charge in [-0.1, -0.05) is 18.2 Å². The Morgan fingerprint density at radius 1 is 0.897 bits per heavy atom. The zero-order valence-corrected chi connectivity index (χ0v) is 20.0. The van der Waals surface area contributed by atoms with Crippen molar-refractivity contribution < 1.29 is 14.2 Å². The van der Waals surface area contributed by atoms with Gasteiger partial charge < -0.3 is 24.8 Å². The fourth-order valence-electron chi connectivity index (χ4n) is 2.71. The highest BCUT2D eigenvalue weighted by atomic mass is 127. The lowest BCUT2D eigenvalue weighted by molar-refractivity contribution is 0.310. The Morgan fingerprint density at radius 2 is 1.62 bits per heavy atom. The van der Waals surface area contributed by atoms with Gasteiger partial charge in [0, 0.05) is 13.1 Å². The van der Waals surface area contributed by atoms with Crippen LogP contribution in [0.2, 0.25) is 0 Å². The highest BCUT2D eigenvalue weighted by molar-refractivity contribution is 14.0. The highest BCUT2D eigenvalue weighted by Crippen LogP contribution is 2.28. The van der Waals surface area contributed by atoms with Crippen molar-refractivity contribution in [2.75, 3.05) is 33.9 Å². The molecule has 0 saturated heterocycles. The summed E-state index contributed by atoms with van der Waals surface area (Å²) in [6.45, 7) is 6.78. The van der Waals surface area contributed by atoms with Crippen molar-refractivity contribution >= 4 is 29.9 Å². The Hall–Kier alpha value is -2.16. The second-order valence-corrected chi connectivity index (χ2v) is 6.14. The first-order valence-electron chi connectivity index (χ1n) is 9.65. The molecule has 2 N–H and O–H groups in total. The molecule has 7 heteroatoms. The SMILES string of the molecule is CCNC(=NCc1ccc(OCC)c(OC)c1)NCCc1ccc(OC)cc1.I. The van der Waals surface area contributed by atoms with Gasteiger partial charge in [-0.3, -0.25) is 0 Å². The molecule has 2 aromatic rings. The van der Waals surface area contributed by atoms with Gasteiger partial charge in [0.2, 0.25) is 0 Å². The number of halogens is 1. The molecule has 2 rings (SSSR count). The van der Waals surface area contributed by atoms with E-state index >= 15 is 0 Å². The van der Waals surface area contributed by atoms with Crippen LogP contribution in [0.1, 0.15) is 25.0 Å². The summed E-state index contributed by atoms with van der Waals surface area (Å²) in [6, 6.07) is 14.0. The summed E-state index contributed by atoms with van der Waals surface area (Å²) >= 11 is 0. The lowest BCUT2D eigenvalue weighted by Gasteiger charge is -2.13. The third kappa shape index (κ3) is 8.39. The number of nitrogens with one attached hydrogen (secondary N) is 2. The molecule has 0 aliphatic heterocycles. The van der Waals surface area contributed by atoms with Gasteiger partial charge in [0.05, 0.1) is 27.4 Å². The van der Waals surface area contributed by atoms with Crippen molar-refractivity contribution in [3.63, 3.8) is 0 Å². The fourth-order valence-corrected chi connectivity index (χ4v) is 2.71. The Bertz CT molecular complexity index is 751. The van der Waals surface area contributed by atoms with Crippen molar-refractivity contribution in [1.82, 2.24) is 10.6 Å². The summed E-state index contributed by atoms with van der Waals surface area (Å²) in [4.78, 5) is 4.67. The van der Waals surface area contributed by atoms with Crippen LogP contribution in [0.4, 0.5) is 0 Å². The smallest absolute Gasteiger partial charge is 0.191 e. The van der Waals surface area contributed by atoms with E-state index in [1.807, 2.05) is 37.3 Å². The molecule has 0 aromatic heterocycles. The third-order valence-corrected chi connectivity index (χ3v) is 4.16. The van der Waals surface area contributed by atoms with E-state index in [0.717, 1.165) is 48.3 Å². The summed E-state index contributed by atoms with van der Waals surface area (Å²) in [5.41, 5.74) is 2.31. The van der Waals surface area contributed by atoms with E-state index in [9.17, 15) is 0 Å². The van der Waals surface area contributed by atoms with Gasteiger partial charge in [-0.05, 0) is 55.7 Å². The van der Waals surface area contributed by atoms with Crippen LogP contribution in [-0.4, -0.2) is 39.9 Å². The first-order chi connectivity index (χ1) is 13.7. The largest absolute Gasteiger partial charge is 0.497 e. The molecule has 0 heterocycles. The molecule has 2 aromatic carbocycles. The Kier molecular flexibility index (Phi) is 11.9. The number of methoxy groups -OCH3 is 2. The molecular formula is C22H32IN3O3. The number of aliphatic imine (C=N–C) groups is 1. The average Bonchev–Trinajstić information content (AvgIpc) is 2.73. The van der Waals surface area contributed by atoms with Crippen LogP contribution in [0.25, 0.3) is 0 Å². The summed E-state index contributed by atoms with van der Waals surface area (Å²) < 4.78 is 16.2. The maximum Gasteiger partial charge on any atom is 0.191 e. The number of benzene rings is 2. The summed E-state index contributed by atoms with van der Waals surface area (Å²) in [5, 5.41) is 6.66. The quantitative estimate of drug-likeness (QED) is 0.286. The molecule has 0 fully saturated rings. The van der Waals surface area contributed by atoms with Gasteiger partial charge in [0.15, 0.2) is 17.5 Å². The van der Waals surface area contributed by atoms with E-state index < -0.39 is 0 Å². The van der Waals surface area contributed by atoms with Crippen molar-refractivity contribution in [2.45, 2.75) is 26.8 Å². The molecule has 0 unspecified atom stereocenters. The zero-order chi connectivity index (χ0) is 20.2. The monoisotopic (exact) mass is 513 g/mol. The van der Waals surface area contributed by atoms with Crippen LogP contribution >= 0.6 is 24.0 Å². The molecular weight excluding hydrogens is 481 g/mol. The maximum absolute atomic E-state index is 5.56. The topological polar surface area (TPSA) is 64.1 Å². The summed E-state index contributed by atoms with van der Waals surface area (Å²) in [7, 11) is 3.32. The Balaban J connectivity index is 0.00000420. The van der Waals surface area contributed by atoms with Crippen molar-refractivity contribution in [3.8, 4) is 17.2 Å². The molecule has 0 aliphatic rings. The van der Waals surface area contributed by atoms with Gasteiger partial charge in [0.25, 0.3) is 0 Å². The van der Waals surface area contributed by atoms with Gasteiger partial charge in [-0.15, -0.1) is 24.0 Å². The minimum Gasteiger partial charge on any atom is -0.497 e. The number of hydrogen-bond acceptors (Lipinski definition) is 4. The minimum absolute atomic E-state index is 0. The van der Waals surface area contributed by atoms with Crippen molar-refractivity contribution in [3.05, 3.63) is 53.6 Å². The number of nitrogens with zero attached hydrogens (tertiary/aromatic N) is 1. The van der Waals surface area contributed by atoms with E-state index in [1.54, 1.807) is 14.2 Å². The zero-order valence-electron chi connectivity index (χ0n) is 17.7. The summed E-state index contributed by atoms with van der Waals surface area (Å²) in [5.74, 6) is 3.15. The van der Waals surface area contributed by atoms with E-state index in [1.165, 1.54) is 5.56 Å². The molecule has 0 saturated carbocycles. The van der Waals surface area contributed by atoms with Gasteiger partial charge >= 0.3 is 0 Å². The molecule has 0 radical (unpaired) electrons. The molecule has 160 valence electrons. The predicted molar refractivity (Wildman–Crippen MR) is 129 cm³/mol. The molecule has 0 atom stereocenters. The molecule has 0 spiro atoms. The van der Waals surface area contributed by atoms with Gasteiger partial charge in [0.1, 0.15) is 5.75 Å². The first-order valence-corrected chi connectivity index (χ1v) is 9.65. The Morgan fingerprint density at radius 3 is 2.24 bits per heavy atom. The number of hydrogen-bond donors (Lipinski definition) is 2. The van der Waals surface area contributed by atoms with Crippen LogP contribution in [-0.2, 0) is 13.0 Å². The number of rotatable bonds is 10. The highest BCUT2D eigenvalue weighted by Gasteiger charge is 2.05. The lowest BCUT2D eigenvalue weighted by Crippen LogP contribution is -2.38. The molecule has 29 heavy (non-hydrogen) atoms. The third-order valence-electron chi connectivity index (χ3n) is 4.16. The average molecular weight is 513 g/mol. The molecule has 6 nitrogen and oxygen atoms in total. The second kappa shape index (κ2) is 13.9. The number of ether oxygens (including phenoxy) is 3. The van der Waals surface area contributed by atoms with Crippen LogP contribution in [0, 0.1) is 0 Å². The van der Waals surface area contributed by atoms with Crippen LogP contribution < -0.4 is 24.8 Å². The number of guanidine groups is 1. The van der Waals surface area contributed by atoms with Crippen LogP contribution in [0.15, 0.2) is 47.5 Å². The first kappa shape index (κ1) is 24.9. The van der Waals surface area contributed by atoms with E-state index in [2.05, 4.69) is 34.7 Å². The standard InChI is InChI=1S/C22H31N3O3.HI/c1-5-23-22(24-14-13-17-7-10-19(26-3)11-8-17)25-16-18-9-12-20(28-6-2)21(15-18)27-4;/h7-12,15H,5-6,13-14,16H2,1-4H3,(H2,23,24,25);1H. The van der Waals surface area contributed by atoms with E-state index in [4.69, 9.17) is 14.2 Å². The molecule has 0 aliphatic carbocycles. The normalized spacial score (nSPS) is 10.7. The van der Waals surface area contributed by atoms with E-state index in [-0.39, 0.29) is 24.0 Å². The second-order valence-electron chi connectivity index (χ2n) is 6.14. The maximum atomic E-state index is 5.56. The molecule has 0 bridgehead atoms.